The van der Waals surface area contributed by atoms with Crippen molar-refractivity contribution in [1.29, 1.82) is 0 Å². The maximum absolute atomic E-state index is 5.11. The zero-order valence-electron chi connectivity index (χ0n) is 6.81. The molecule has 1 fully saturated rings. The van der Waals surface area contributed by atoms with Crippen LogP contribution in [0.25, 0.3) is 0 Å². The van der Waals surface area contributed by atoms with Gasteiger partial charge in [-0.1, -0.05) is 32.6 Å². The van der Waals surface area contributed by atoms with Gasteiger partial charge in [0, 0.05) is 0 Å². The van der Waals surface area contributed by atoms with E-state index in [0.717, 1.165) is 6.61 Å². The second kappa shape index (κ2) is 4.73. The summed E-state index contributed by atoms with van der Waals surface area (Å²) in [7, 11) is 0. The van der Waals surface area contributed by atoms with Crippen LogP contribution in [0.1, 0.15) is 39.0 Å². The van der Waals surface area contributed by atoms with Crippen molar-refractivity contribution in [2.75, 3.05) is 6.61 Å². The number of unbranched alkanes of at least 4 members (excludes halogenated alkanes) is 4. The molecule has 1 aliphatic heterocycles. The number of epoxide rings is 1. The average Bonchev–Trinajstić information content (AvgIpc) is 2.71. The summed E-state index contributed by atoms with van der Waals surface area (Å²) in [6.45, 7) is 3.16. The molecule has 0 amide bonds. The molecule has 1 heterocycles. The Labute approximate surface area is 63.8 Å². The molecule has 1 nitrogen and oxygen atoms in total. The fourth-order valence-corrected chi connectivity index (χ4v) is 1.13. The van der Waals surface area contributed by atoms with E-state index in [1.807, 2.05) is 0 Å². The summed E-state index contributed by atoms with van der Waals surface area (Å²) in [5.41, 5.74) is 0. The van der Waals surface area contributed by atoms with Crippen molar-refractivity contribution >= 4 is 0 Å². The van der Waals surface area contributed by atoms with Gasteiger partial charge in [-0.05, 0) is 12.8 Å². The van der Waals surface area contributed by atoms with Crippen LogP contribution in [-0.4, -0.2) is 12.7 Å². The lowest BCUT2D eigenvalue weighted by molar-refractivity contribution is 0.388. The van der Waals surface area contributed by atoms with Crippen molar-refractivity contribution in [2.24, 2.45) is 0 Å². The van der Waals surface area contributed by atoms with Crippen LogP contribution in [0.4, 0.5) is 0 Å². The summed E-state index contributed by atoms with van der Waals surface area (Å²) in [6, 6.07) is 0. The second-order valence-corrected chi connectivity index (χ2v) is 3.00. The maximum Gasteiger partial charge on any atom is 0.0810 e. The topological polar surface area (TPSA) is 12.5 Å². The van der Waals surface area contributed by atoms with Gasteiger partial charge in [0.25, 0.3) is 0 Å². The van der Waals surface area contributed by atoms with Crippen LogP contribution in [-0.2, 0) is 4.74 Å². The largest absolute Gasteiger partial charge is 0.373 e. The first-order chi connectivity index (χ1) is 4.93. The fraction of sp³-hybridized carbons (Fsp3) is 0.889. The van der Waals surface area contributed by atoms with Crippen molar-refractivity contribution in [3.63, 3.8) is 0 Å². The smallest absolute Gasteiger partial charge is 0.0810 e. The molecule has 1 heteroatoms. The summed E-state index contributed by atoms with van der Waals surface area (Å²) < 4.78 is 5.11. The van der Waals surface area contributed by atoms with Gasteiger partial charge >= 0.3 is 0 Å². The molecule has 0 N–H and O–H groups in total. The number of hydrogen-bond donors (Lipinski definition) is 0. The van der Waals surface area contributed by atoms with Gasteiger partial charge in [0.15, 0.2) is 0 Å². The van der Waals surface area contributed by atoms with Gasteiger partial charge in [0.1, 0.15) is 0 Å². The van der Waals surface area contributed by atoms with Crippen molar-refractivity contribution in [1.82, 2.24) is 0 Å². The zero-order valence-corrected chi connectivity index (χ0v) is 6.81. The molecule has 1 radical (unpaired) electrons. The molecule has 0 aromatic carbocycles. The average molecular weight is 141 g/mol. The first-order valence-corrected chi connectivity index (χ1v) is 4.33. The van der Waals surface area contributed by atoms with E-state index in [4.69, 9.17) is 4.74 Å². The van der Waals surface area contributed by atoms with Crippen LogP contribution in [0.3, 0.4) is 0 Å². The molecule has 0 aliphatic carbocycles. The van der Waals surface area contributed by atoms with Gasteiger partial charge < -0.3 is 4.74 Å². The summed E-state index contributed by atoms with van der Waals surface area (Å²) in [5, 5.41) is 0. The molecule has 0 saturated carbocycles. The van der Waals surface area contributed by atoms with E-state index >= 15 is 0 Å². The van der Waals surface area contributed by atoms with Gasteiger partial charge in [-0.3, -0.25) is 0 Å². The highest BCUT2D eigenvalue weighted by Crippen LogP contribution is 2.17. The number of ether oxygens (including phenoxy) is 1. The van der Waals surface area contributed by atoms with Crippen molar-refractivity contribution < 1.29 is 4.74 Å². The van der Waals surface area contributed by atoms with Gasteiger partial charge in [-0.2, -0.15) is 0 Å². The Balaban J connectivity index is 1.68. The highest BCUT2D eigenvalue weighted by molar-refractivity contribution is 4.68. The molecule has 0 bridgehead atoms. The van der Waals surface area contributed by atoms with E-state index in [1.54, 1.807) is 0 Å². The van der Waals surface area contributed by atoms with Gasteiger partial charge in [0.05, 0.1) is 12.7 Å². The first kappa shape index (κ1) is 8.06. The molecule has 59 valence electrons. The predicted molar refractivity (Wildman–Crippen MR) is 42.8 cm³/mol. The van der Waals surface area contributed by atoms with E-state index in [-0.39, 0.29) is 0 Å². The predicted octanol–water partition coefficient (Wildman–Crippen LogP) is 2.56. The molecule has 1 rings (SSSR count). The van der Waals surface area contributed by atoms with E-state index in [9.17, 15) is 0 Å². The maximum atomic E-state index is 5.11. The molecule has 0 spiro atoms. The third-order valence-electron chi connectivity index (χ3n) is 1.92. The van der Waals surface area contributed by atoms with Crippen LogP contribution in [0.2, 0.25) is 0 Å². The van der Waals surface area contributed by atoms with E-state index in [1.165, 1.54) is 32.1 Å². The Morgan fingerprint density at radius 3 is 2.80 bits per heavy atom. The Morgan fingerprint density at radius 2 is 2.20 bits per heavy atom. The number of hydrogen-bond acceptors (Lipinski definition) is 1. The Bertz CT molecular complexity index is 76.8. The summed E-state index contributed by atoms with van der Waals surface area (Å²) in [5.74, 6) is 0. The highest BCUT2D eigenvalue weighted by atomic mass is 16.6. The Morgan fingerprint density at radius 1 is 1.40 bits per heavy atom. The molecule has 1 unspecified atom stereocenters. The van der Waals surface area contributed by atoms with Crippen molar-refractivity contribution in [3.8, 4) is 0 Å². The Hall–Kier alpha value is -0.0400. The standard InChI is InChI=1S/C9H17O/c1-2-3-4-5-6-7-9-8-10-9/h2,9H,3-8H2,1H3. The molecule has 0 aromatic rings. The normalized spacial score (nSPS) is 23.1. The molecular formula is C9H17O. The lowest BCUT2D eigenvalue weighted by Crippen LogP contribution is -1.85. The molecule has 1 saturated heterocycles. The van der Waals surface area contributed by atoms with E-state index < -0.39 is 0 Å². The zero-order chi connectivity index (χ0) is 7.23. The van der Waals surface area contributed by atoms with Crippen LogP contribution in [0.5, 0.6) is 0 Å². The second-order valence-electron chi connectivity index (χ2n) is 3.00. The molecular weight excluding hydrogens is 124 g/mol. The van der Waals surface area contributed by atoms with Gasteiger partial charge in [-0.25, -0.2) is 0 Å². The Kier molecular flexibility index (Phi) is 3.81. The van der Waals surface area contributed by atoms with Crippen LogP contribution in [0, 0.1) is 6.42 Å². The minimum Gasteiger partial charge on any atom is -0.373 e. The third kappa shape index (κ3) is 3.89. The van der Waals surface area contributed by atoms with Crippen LogP contribution >= 0.6 is 0 Å². The lowest BCUT2D eigenvalue weighted by atomic mass is 10.1. The monoisotopic (exact) mass is 141 g/mol. The lowest BCUT2D eigenvalue weighted by Gasteiger charge is -1.95. The minimum absolute atomic E-state index is 0.644. The SMILES string of the molecule is C[CH]CCCCCC1CO1. The highest BCUT2D eigenvalue weighted by Gasteiger charge is 2.20. The quantitative estimate of drug-likeness (QED) is 0.409. The first-order valence-electron chi connectivity index (χ1n) is 4.33. The fourth-order valence-electron chi connectivity index (χ4n) is 1.13. The van der Waals surface area contributed by atoms with E-state index in [2.05, 4.69) is 13.3 Å². The van der Waals surface area contributed by atoms with Gasteiger partial charge in [0.2, 0.25) is 0 Å². The number of rotatable bonds is 6. The minimum atomic E-state index is 0.644. The molecule has 1 atom stereocenters. The van der Waals surface area contributed by atoms with Crippen molar-refractivity contribution in [2.45, 2.75) is 45.1 Å². The van der Waals surface area contributed by atoms with Gasteiger partial charge in [-0.15, -0.1) is 0 Å². The molecule has 10 heavy (non-hydrogen) atoms. The van der Waals surface area contributed by atoms with Crippen LogP contribution in [0.15, 0.2) is 0 Å². The van der Waals surface area contributed by atoms with E-state index in [0.29, 0.717) is 6.10 Å². The van der Waals surface area contributed by atoms with Crippen molar-refractivity contribution in [3.05, 3.63) is 6.42 Å². The molecule has 0 aromatic heterocycles. The molecule has 1 aliphatic rings. The summed E-state index contributed by atoms with van der Waals surface area (Å²) in [6.07, 6.45) is 9.57. The summed E-state index contributed by atoms with van der Waals surface area (Å²) in [4.78, 5) is 0. The summed E-state index contributed by atoms with van der Waals surface area (Å²) >= 11 is 0. The van der Waals surface area contributed by atoms with Crippen LogP contribution < -0.4 is 0 Å². The third-order valence-corrected chi connectivity index (χ3v) is 1.92.